The number of carbonyl (C=O) groups is 2. The Kier molecular flexibility index (Phi) is 4.86. The monoisotopic (exact) mass is 478 g/mol. The molecule has 3 aromatic carbocycles. The fourth-order valence-corrected chi connectivity index (χ4v) is 5.31. The Morgan fingerprint density at radius 1 is 1.03 bits per heavy atom. The first-order chi connectivity index (χ1) is 17.3. The second-order valence-corrected chi connectivity index (χ2v) is 9.12. The Bertz CT molecular complexity index is 1690. The highest BCUT2D eigenvalue weighted by Crippen LogP contribution is 2.39. The summed E-state index contributed by atoms with van der Waals surface area (Å²) in [7, 11) is 0. The standard InChI is InChI=1S/C28H22N4O4/c1-15-13-18-11-12-31-24(18)20(14-15)23(17-7-4-3-5-8-17)30-25(27(31)34)32-16(2)29-21-10-6-9-19(28(35)36)22(21)26(32)33/h3-10,13-14,25H,11-12H2,1-2H3,(H,35,36). The molecule has 1 amide bonds. The molecular weight excluding hydrogens is 456 g/mol. The first-order valence-electron chi connectivity index (χ1n) is 11.7. The Balaban J connectivity index is 1.68. The number of rotatable bonds is 3. The summed E-state index contributed by atoms with van der Waals surface area (Å²) < 4.78 is 1.23. The van der Waals surface area contributed by atoms with Crippen LogP contribution in [0, 0.1) is 13.8 Å². The highest BCUT2D eigenvalue weighted by atomic mass is 16.4. The van der Waals surface area contributed by atoms with Crippen LogP contribution in [-0.4, -0.2) is 38.8 Å². The van der Waals surface area contributed by atoms with E-state index in [0.29, 0.717) is 18.7 Å². The van der Waals surface area contributed by atoms with E-state index in [1.165, 1.54) is 10.6 Å². The van der Waals surface area contributed by atoms with Crippen molar-refractivity contribution in [1.82, 2.24) is 9.55 Å². The van der Waals surface area contributed by atoms with Crippen LogP contribution in [-0.2, 0) is 11.2 Å². The van der Waals surface area contributed by atoms with Crippen molar-refractivity contribution in [3.05, 3.63) is 105 Å². The van der Waals surface area contributed by atoms with Gasteiger partial charge in [-0.2, -0.15) is 0 Å². The van der Waals surface area contributed by atoms with E-state index in [-0.39, 0.29) is 28.2 Å². The van der Waals surface area contributed by atoms with Gasteiger partial charge in [0.1, 0.15) is 5.82 Å². The second kappa shape index (κ2) is 7.98. The first-order valence-corrected chi connectivity index (χ1v) is 11.7. The van der Waals surface area contributed by atoms with Crippen LogP contribution >= 0.6 is 0 Å². The van der Waals surface area contributed by atoms with Crippen molar-refractivity contribution in [2.75, 3.05) is 11.4 Å². The molecule has 0 fully saturated rings. The minimum atomic E-state index is -1.23. The lowest BCUT2D eigenvalue weighted by molar-refractivity contribution is -0.121. The normalized spacial score (nSPS) is 16.6. The molecule has 1 aromatic heterocycles. The fourth-order valence-electron chi connectivity index (χ4n) is 5.31. The molecule has 0 spiro atoms. The van der Waals surface area contributed by atoms with Gasteiger partial charge in [-0.25, -0.2) is 14.8 Å². The Labute approximate surface area is 206 Å². The predicted molar refractivity (Wildman–Crippen MR) is 136 cm³/mol. The molecule has 1 N–H and O–H groups in total. The van der Waals surface area contributed by atoms with Crippen LogP contribution in [0.25, 0.3) is 10.9 Å². The molecule has 1 atom stereocenters. The number of aromatic carboxylic acids is 1. The number of anilines is 1. The first kappa shape index (κ1) is 21.9. The van der Waals surface area contributed by atoms with Crippen molar-refractivity contribution in [3.63, 3.8) is 0 Å². The van der Waals surface area contributed by atoms with Gasteiger partial charge >= 0.3 is 5.97 Å². The lowest BCUT2D eigenvalue weighted by atomic mass is 9.96. The number of fused-ring (bicyclic) bond motifs is 1. The van der Waals surface area contributed by atoms with E-state index in [9.17, 15) is 19.5 Å². The molecule has 36 heavy (non-hydrogen) atoms. The zero-order chi connectivity index (χ0) is 25.1. The molecule has 2 aliphatic rings. The van der Waals surface area contributed by atoms with Gasteiger partial charge in [-0.1, -0.05) is 48.0 Å². The van der Waals surface area contributed by atoms with E-state index in [1.54, 1.807) is 24.0 Å². The van der Waals surface area contributed by atoms with E-state index in [1.807, 2.05) is 43.3 Å². The lowest BCUT2D eigenvalue weighted by Crippen LogP contribution is -2.40. The number of hydrogen-bond acceptors (Lipinski definition) is 5. The number of aliphatic imine (C=N–C) groups is 1. The zero-order valence-electron chi connectivity index (χ0n) is 19.7. The zero-order valence-corrected chi connectivity index (χ0v) is 19.7. The summed E-state index contributed by atoms with van der Waals surface area (Å²) in [5, 5.41) is 9.68. The maximum absolute atomic E-state index is 14.0. The second-order valence-electron chi connectivity index (χ2n) is 9.12. The summed E-state index contributed by atoms with van der Waals surface area (Å²) in [5.41, 5.74) is 4.73. The summed E-state index contributed by atoms with van der Waals surface area (Å²) >= 11 is 0. The van der Waals surface area contributed by atoms with Crippen LogP contribution < -0.4 is 10.5 Å². The number of aromatic nitrogens is 2. The number of amides is 1. The van der Waals surface area contributed by atoms with Gasteiger partial charge in [0.2, 0.25) is 6.17 Å². The molecule has 0 bridgehead atoms. The van der Waals surface area contributed by atoms with Gasteiger partial charge in [-0.3, -0.25) is 14.2 Å². The van der Waals surface area contributed by atoms with Gasteiger partial charge in [0, 0.05) is 17.7 Å². The Morgan fingerprint density at radius 3 is 2.56 bits per heavy atom. The minimum absolute atomic E-state index is 0.0421. The highest BCUT2D eigenvalue weighted by Gasteiger charge is 2.38. The van der Waals surface area contributed by atoms with Crippen LogP contribution in [0.15, 0.2) is 70.5 Å². The van der Waals surface area contributed by atoms with Crippen molar-refractivity contribution in [1.29, 1.82) is 0 Å². The molecular formula is C28H22N4O4. The summed E-state index contributed by atoms with van der Waals surface area (Å²) in [5.74, 6) is -1.29. The van der Waals surface area contributed by atoms with Crippen molar-refractivity contribution < 1.29 is 14.7 Å². The maximum atomic E-state index is 14.0. The third-order valence-electron chi connectivity index (χ3n) is 6.83. The van der Waals surface area contributed by atoms with Gasteiger partial charge in [-0.05, 0) is 44.0 Å². The average molecular weight is 479 g/mol. The average Bonchev–Trinajstić information content (AvgIpc) is 3.24. The molecule has 0 radical (unpaired) electrons. The Hall–Kier alpha value is -4.59. The summed E-state index contributed by atoms with van der Waals surface area (Å²) in [4.78, 5) is 50.9. The van der Waals surface area contributed by atoms with Crippen molar-refractivity contribution in [3.8, 4) is 0 Å². The molecule has 0 saturated heterocycles. The number of carboxylic acids is 1. The van der Waals surface area contributed by atoms with Gasteiger partial charge in [0.15, 0.2) is 0 Å². The van der Waals surface area contributed by atoms with Gasteiger partial charge in [0.05, 0.1) is 27.9 Å². The van der Waals surface area contributed by atoms with E-state index >= 15 is 0 Å². The molecule has 0 saturated carbocycles. The number of hydrogen-bond donors (Lipinski definition) is 1. The quantitative estimate of drug-likeness (QED) is 0.484. The van der Waals surface area contributed by atoms with Crippen LogP contribution in [0.2, 0.25) is 0 Å². The van der Waals surface area contributed by atoms with Crippen molar-refractivity contribution in [2.24, 2.45) is 4.99 Å². The van der Waals surface area contributed by atoms with Gasteiger partial charge in [-0.15, -0.1) is 0 Å². The SMILES string of the molecule is Cc1cc2c3c(c1)C(c1ccccc1)=NC(n1c(C)nc4cccc(C(=O)O)c4c1=O)C(=O)N3CC2. The molecule has 4 aromatic rings. The van der Waals surface area contributed by atoms with E-state index in [2.05, 4.69) is 11.1 Å². The van der Waals surface area contributed by atoms with Crippen LogP contribution in [0.5, 0.6) is 0 Å². The van der Waals surface area contributed by atoms with E-state index < -0.39 is 17.7 Å². The van der Waals surface area contributed by atoms with Crippen LogP contribution in [0.1, 0.15) is 44.6 Å². The van der Waals surface area contributed by atoms with E-state index in [4.69, 9.17) is 4.99 Å². The minimum Gasteiger partial charge on any atom is -0.478 e. The molecule has 0 aliphatic carbocycles. The fraction of sp³-hybridized carbons (Fsp3) is 0.179. The third kappa shape index (κ3) is 3.18. The number of carboxylic acid groups (broad SMARTS) is 1. The number of benzene rings is 3. The molecule has 2 aliphatic heterocycles. The summed E-state index contributed by atoms with van der Waals surface area (Å²) in [6.07, 6.45) is -0.525. The lowest BCUT2D eigenvalue weighted by Gasteiger charge is -2.23. The van der Waals surface area contributed by atoms with Gasteiger partial charge < -0.3 is 10.0 Å². The number of carbonyl (C=O) groups excluding carboxylic acids is 1. The van der Waals surface area contributed by atoms with Crippen molar-refractivity contribution >= 4 is 34.2 Å². The predicted octanol–water partition coefficient (Wildman–Crippen LogP) is 3.65. The van der Waals surface area contributed by atoms with Crippen LogP contribution in [0.3, 0.4) is 0 Å². The number of nitrogens with zero attached hydrogens (tertiary/aromatic N) is 4. The van der Waals surface area contributed by atoms with E-state index in [0.717, 1.165) is 27.9 Å². The molecule has 1 unspecified atom stereocenters. The topological polar surface area (TPSA) is 105 Å². The number of aryl methyl sites for hydroxylation is 2. The Morgan fingerprint density at radius 2 is 1.81 bits per heavy atom. The summed E-state index contributed by atoms with van der Waals surface area (Å²) in [6, 6.07) is 18.2. The molecule has 178 valence electrons. The largest absolute Gasteiger partial charge is 0.478 e. The van der Waals surface area contributed by atoms with Gasteiger partial charge in [0.25, 0.3) is 11.5 Å². The maximum Gasteiger partial charge on any atom is 0.336 e. The van der Waals surface area contributed by atoms with Crippen LogP contribution in [0.4, 0.5) is 5.69 Å². The third-order valence-corrected chi connectivity index (χ3v) is 6.83. The van der Waals surface area contributed by atoms with Crippen molar-refractivity contribution in [2.45, 2.75) is 26.4 Å². The molecule has 3 heterocycles. The smallest absolute Gasteiger partial charge is 0.336 e. The summed E-state index contributed by atoms with van der Waals surface area (Å²) in [6.45, 7) is 4.13. The molecule has 8 nitrogen and oxygen atoms in total. The molecule has 6 rings (SSSR count). The molecule has 8 heteroatoms. The highest BCUT2D eigenvalue weighted by molar-refractivity contribution is 6.20.